The lowest BCUT2D eigenvalue weighted by molar-refractivity contribution is -0.384. The van der Waals surface area contributed by atoms with Gasteiger partial charge in [-0.3, -0.25) is 35.9 Å². The van der Waals surface area contributed by atoms with Crippen LogP contribution in [0.25, 0.3) is 6.08 Å². The van der Waals surface area contributed by atoms with Gasteiger partial charge in [-0.1, -0.05) is 23.2 Å². The van der Waals surface area contributed by atoms with Crippen molar-refractivity contribution in [3.63, 3.8) is 0 Å². The van der Waals surface area contributed by atoms with Crippen LogP contribution in [0.2, 0.25) is 10.0 Å². The van der Waals surface area contributed by atoms with Gasteiger partial charge in [0.2, 0.25) is 11.8 Å². The highest BCUT2D eigenvalue weighted by Gasteiger charge is 2.07. The van der Waals surface area contributed by atoms with Gasteiger partial charge in [0.25, 0.3) is 5.69 Å². The third kappa shape index (κ3) is 8.88. The van der Waals surface area contributed by atoms with Crippen molar-refractivity contribution in [2.75, 3.05) is 6.61 Å². The average Bonchev–Trinajstić information content (AvgIpc) is 2.75. The first-order valence-corrected chi connectivity index (χ1v) is 10.3. The summed E-state index contributed by atoms with van der Waals surface area (Å²) in [7, 11) is 0. The Bertz CT molecular complexity index is 1030. The zero-order chi connectivity index (χ0) is 23.5. The van der Waals surface area contributed by atoms with Gasteiger partial charge in [-0.25, -0.2) is 0 Å². The number of hydrazine groups is 1. The average molecular weight is 497 g/mol. The van der Waals surface area contributed by atoms with Crippen LogP contribution in [0.4, 0.5) is 5.69 Å². The molecule has 0 fully saturated rings. The van der Waals surface area contributed by atoms with Crippen LogP contribution in [0.1, 0.15) is 18.4 Å². The third-order valence-corrected chi connectivity index (χ3v) is 4.52. The van der Waals surface area contributed by atoms with Gasteiger partial charge in [-0.2, -0.15) is 0 Å². The summed E-state index contributed by atoms with van der Waals surface area (Å²) in [5.41, 5.74) is 5.33. The minimum atomic E-state index is -0.539. The molecule has 0 saturated heterocycles. The Kier molecular flexibility index (Phi) is 9.86. The predicted octanol–water partition coefficient (Wildman–Crippen LogP) is 3.80. The highest BCUT2D eigenvalue weighted by atomic mass is 35.5. The zero-order valence-electron chi connectivity index (χ0n) is 16.5. The van der Waals surface area contributed by atoms with Crippen LogP contribution < -0.4 is 20.9 Å². The van der Waals surface area contributed by atoms with Crippen LogP contribution in [-0.2, 0) is 9.59 Å². The van der Waals surface area contributed by atoms with Crippen molar-refractivity contribution in [3.05, 3.63) is 74.3 Å². The fraction of sp³-hybridized carbons (Fsp3) is 0.150. The molecule has 0 spiro atoms. The number of non-ortho nitro benzene ring substituents is 1. The van der Waals surface area contributed by atoms with Crippen LogP contribution in [0.3, 0.4) is 0 Å². The van der Waals surface area contributed by atoms with Crippen LogP contribution in [0, 0.1) is 10.1 Å². The molecule has 9 nitrogen and oxygen atoms in total. The quantitative estimate of drug-likeness (QED) is 0.167. The van der Waals surface area contributed by atoms with Crippen molar-refractivity contribution in [1.82, 2.24) is 16.2 Å². The van der Waals surface area contributed by atoms with E-state index in [0.29, 0.717) is 27.8 Å². The van der Waals surface area contributed by atoms with Gasteiger partial charge in [0.05, 0.1) is 16.6 Å². The summed E-state index contributed by atoms with van der Waals surface area (Å²) < 4.78 is 5.49. The molecule has 32 heavy (non-hydrogen) atoms. The number of hydrogen-bond donors (Lipinski definition) is 3. The Morgan fingerprint density at radius 1 is 1.12 bits per heavy atom. The molecule has 2 aromatic rings. The van der Waals surface area contributed by atoms with E-state index in [2.05, 4.69) is 16.2 Å². The van der Waals surface area contributed by atoms with Crippen molar-refractivity contribution in [2.24, 2.45) is 0 Å². The first kappa shape index (κ1) is 25.1. The zero-order valence-corrected chi connectivity index (χ0v) is 18.8. The van der Waals surface area contributed by atoms with Crippen molar-refractivity contribution in [1.29, 1.82) is 0 Å². The standard InChI is InChI=1S/C20H18Cl2N4O5S/c21-14-6-9-17(16(22)12-14)31-11-1-2-19(28)24-25-20(32)23-18(27)10-5-13-3-7-15(8-4-13)26(29)30/h3-10,12H,1-2,11H2,(H,24,28)(H2,23,25,27,32)/b10-5+. The number of carbonyl (C=O) groups excluding carboxylic acids is 2. The number of nitrogens with zero attached hydrogens (tertiary/aromatic N) is 1. The Morgan fingerprint density at radius 2 is 1.84 bits per heavy atom. The third-order valence-electron chi connectivity index (χ3n) is 3.78. The number of nitro groups is 1. The number of ether oxygens (including phenoxy) is 1. The van der Waals surface area contributed by atoms with E-state index >= 15 is 0 Å². The molecule has 12 heteroatoms. The van der Waals surface area contributed by atoms with Gasteiger partial charge < -0.3 is 4.74 Å². The van der Waals surface area contributed by atoms with Crippen LogP contribution >= 0.6 is 35.4 Å². The van der Waals surface area contributed by atoms with E-state index in [1.807, 2.05) is 0 Å². The van der Waals surface area contributed by atoms with Crippen LogP contribution in [0.5, 0.6) is 5.75 Å². The van der Waals surface area contributed by atoms with E-state index < -0.39 is 10.8 Å². The van der Waals surface area contributed by atoms with E-state index in [1.54, 1.807) is 18.2 Å². The van der Waals surface area contributed by atoms with E-state index in [9.17, 15) is 19.7 Å². The van der Waals surface area contributed by atoms with Crippen molar-refractivity contribution < 1.29 is 19.2 Å². The highest BCUT2D eigenvalue weighted by molar-refractivity contribution is 7.80. The predicted molar refractivity (Wildman–Crippen MR) is 125 cm³/mol. The molecule has 0 heterocycles. The normalized spacial score (nSPS) is 10.4. The molecule has 0 radical (unpaired) electrons. The topological polar surface area (TPSA) is 123 Å². The molecular weight excluding hydrogens is 479 g/mol. The van der Waals surface area contributed by atoms with E-state index in [1.165, 1.54) is 36.4 Å². The van der Waals surface area contributed by atoms with Crippen molar-refractivity contribution in [2.45, 2.75) is 12.8 Å². The molecule has 168 valence electrons. The van der Waals surface area contributed by atoms with Gasteiger partial charge in [-0.05, 0) is 60.6 Å². The second-order valence-corrected chi connectivity index (χ2v) is 7.45. The molecule has 2 rings (SSSR count). The maximum Gasteiger partial charge on any atom is 0.269 e. The lowest BCUT2D eigenvalue weighted by Crippen LogP contribution is -2.48. The van der Waals surface area contributed by atoms with E-state index in [-0.39, 0.29) is 29.7 Å². The number of rotatable bonds is 8. The van der Waals surface area contributed by atoms with Crippen LogP contribution in [0.15, 0.2) is 48.5 Å². The molecule has 0 aliphatic heterocycles. The number of halogens is 2. The van der Waals surface area contributed by atoms with Crippen molar-refractivity contribution in [3.8, 4) is 5.75 Å². The maximum atomic E-state index is 11.9. The van der Waals surface area contributed by atoms with Gasteiger partial charge in [0.1, 0.15) is 5.75 Å². The summed E-state index contributed by atoms with van der Waals surface area (Å²) in [6, 6.07) is 10.5. The first-order chi connectivity index (χ1) is 15.2. The summed E-state index contributed by atoms with van der Waals surface area (Å²) in [6.45, 7) is 0.267. The summed E-state index contributed by atoms with van der Waals surface area (Å²) >= 11 is 16.7. The monoisotopic (exact) mass is 496 g/mol. The lowest BCUT2D eigenvalue weighted by Gasteiger charge is -2.10. The van der Waals surface area contributed by atoms with Gasteiger partial charge in [-0.15, -0.1) is 0 Å². The fourth-order valence-corrected chi connectivity index (χ4v) is 2.87. The molecule has 0 atom stereocenters. The second kappa shape index (κ2) is 12.6. The summed E-state index contributed by atoms with van der Waals surface area (Å²) in [4.78, 5) is 33.8. The molecule has 0 saturated carbocycles. The van der Waals surface area contributed by atoms with E-state index in [4.69, 9.17) is 40.2 Å². The van der Waals surface area contributed by atoms with Crippen LogP contribution in [-0.4, -0.2) is 28.5 Å². The molecule has 0 aliphatic rings. The number of hydrogen-bond acceptors (Lipinski definition) is 6. The number of nitrogens with one attached hydrogen (secondary N) is 3. The number of thiocarbonyl (C=S) groups is 1. The molecule has 0 unspecified atom stereocenters. The SMILES string of the molecule is O=C(/C=C/c1ccc([N+](=O)[O-])cc1)NC(=S)NNC(=O)CCCOc1ccc(Cl)cc1Cl. The van der Waals surface area contributed by atoms with Gasteiger partial charge in [0.15, 0.2) is 5.11 Å². The van der Waals surface area contributed by atoms with Gasteiger partial charge >= 0.3 is 0 Å². The highest BCUT2D eigenvalue weighted by Crippen LogP contribution is 2.27. The fourth-order valence-electron chi connectivity index (χ4n) is 2.26. The Labute approximate surface area is 198 Å². The minimum Gasteiger partial charge on any atom is -0.492 e. The Balaban J connectivity index is 1.64. The molecule has 2 amide bonds. The summed E-state index contributed by atoms with van der Waals surface area (Å²) in [5.74, 6) is -0.419. The maximum absolute atomic E-state index is 11.9. The molecule has 0 bridgehead atoms. The number of amides is 2. The Hall–Kier alpha value is -3.21. The summed E-state index contributed by atoms with van der Waals surface area (Å²) in [5, 5.41) is 13.8. The molecular formula is C20H18Cl2N4O5S. The minimum absolute atomic E-state index is 0.0481. The molecule has 3 N–H and O–H groups in total. The van der Waals surface area contributed by atoms with Crippen molar-refractivity contribution >= 4 is 64.1 Å². The number of benzene rings is 2. The smallest absolute Gasteiger partial charge is 0.269 e. The number of nitro benzene ring substituents is 1. The molecule has 0 aliphatic carbocycles. The largest absolute Gasteiger partial charge is 0.492 e. The van der Waals surface area contributed by atoms with E-state index in [0.717, 1.165) is 0 Å². The summed E-state index contributed by atoms with van der Waals surface area (Å²) in [6.07, 6.45) is 3.24. The Morgan fingerprint density at radius 3 is 2.50 bits per heavy atom. The molecule has 2 aromatic carbocycles. The number of carbonyl (C=O) groups is 2. The first-order valence-electron chi connectivity index (χ1n) is 9.15. The molecule has 0 aromatic heterocycles. The lowest BCUT2D eigenvalue weighted by atomic mass is 10.2. The van der Waals surface area contributed by atoms with Gasteiger partial charge in [0, 0.05) is 29.7 Å². The second-order valence-electron chi connectivity index (χ2n) is 6.20.